The highest BCUT2D eigenvalue weighted by Crippen LogP contribution is 2.07. The van der Waals surface area contributed by atoms with Crippen LogP contribution in [0.2, 0.25) is 0 Å². The molecule has 1 unspecified atom stereocenters. The lowest BCUT2D eigenvalue weighted by atomic mass is 10.4. The predicted molar refractivity (Wildman–Crippen MR) is 50.5 cm³/mol. The maximum absolute atomic E-state index is 5.41. The number of aromatic nitrogens is 1. The topological polar surface area (TPSA) is 31.4 Å². The summed E-state index contributed by atoms with van der Waals surface area (Å²) in [7, 11) is 0. The van der Waals surface area contributed by atoms with Crippen LogP contribution in [0.4, 0.5) is 0 Å². The summed E-state index contributed by atoms with van der Waals surface area (Å²) in [4.78, 5) is 3.88. The van der Waals surface area contributed by atoms with Crippen molar-refractivity contribution in [3.8, 4) is 5.75 Å². The molecule has 0 bridgehead atoms. The summed E-state index contributed by atoms with van der Waals surface area (Å²) < 4.78 is 10.5. The van der Waals surface area contributed by atoms with Gasteiger partial charge < -0.3 is 9.47 Å². The first kappa shape index (κ1) is 9.58. The van der Waals surface area contributed by atoms with Gasteiger partial charge in [0.15, 0.2) is 0 Å². The van der Waals surface area contributed by atoms with Crippen molar-refractivity contribution >= 4 is 0 Å². The number of pyridine rings is 1. The molecule has 70 valence electrons. The Morgan fingerprint density at radius 2 is 2.23 bits per heavy atom. The van der Waals surface area contributed by atoms with E-state index in [4.69, 9.17) is 9.47 Å². The van der Waals surface area contributed by atoms with Crippen LogP contribution in [-0.2, 0) is 4.74 Å². The predicted octanol–water partition coefficient (Wildman–Crippen LogP) is 2.01. The molecular formula is C10H13NO2. The van der Waals surface area contributed by atoms with E-state index in [1.54, 1.807) is 24.5 Å². The molecule has 1 heterocycles. The van der Waals surface area contributed by atoms with E-state index in [-0.39, 0.29) is 6.10 Å². The number of rotatable bonds is 5. The Labute approximate surface area is 78.0 Å². The SMILES string of the molecule is C=COC(C)COc1ccncc1. The monoisotopic (exact) mass is 179 g/mol. The lowest BCUT2D eigenvalue weighted by molar-refractivity contribution is 0.103. The van der Waals surface area contributed by atoms with Crippen molar-refractivity contribution in [2.24, 2.45) is 0 Å². The molecule has 1 atom stereocenters. The zero-order valence-electron chi connectivity index (χ0n) is 7.64. The Morgan fingerprint density at radius 3 is 2.85 bits per heavy atom. The van der Waals surface area contributed by atoms with Crippen LogP contribution in [0.5, 0.6) is 5.75 Å². The molecule has 3 nitrogen and oxygen atoms in total. The molecule has 0 fully saturated rings. The van der Waals surface area contributed by atoms with E-state index >= 15 is 0 Å². The van der Waals surface area contributed by atoms with E-state index in [0.717, 1.165) is 5.75 Å². The summed E-state index contributed by atoms with van der Waals surface area (Å²) >= 11 is 0. The second kappa shape index (κ2) is 5.19. The minimum Gasteiger partial charge on any atom is -0.495 e. The van der Waals surface area contributed by atoms with Crippen molar-refractivity contribution < 1.29 is 9.47 Å². The molecule has 13 heavy (non-hydrogen) atoms. The van der Waals surface area contributed by atoms with Gasteiger partial charge >= 0.3 is 0 Å². The van der Waals surface area contributed by atoms with Gasteiger partial charge in [0.1, 0.15) is 18.5 Å². The van der Waals surface area contributed by atoms with Crippen LogP contribution in [0.25, 0.3) is 0 Å². The minimum absolute atomic E-state index is 0.0191. The molecule has 0 N–H and O–H groups in total. The highest BCUT2D eigenvalue weighted by Gasteiger charge is 2.00. The van der Waals surface area contributed by atoms with Crippen LogP contribution in [0.1, 0.15) is 6.92 Å². The third-order valence-electron chi connectivity index (χ3n) is 1.46. The third kappa shape index (κ3) is 3.60. The lowest BCUT2D eigenvalue weighted by Crippen LogP contribution is -2.15. The van der Waals surface area contributed by atoms with Gasteiger partial charge in [-0.05, 0) is 19.1 Å². The van der Waals surface area contributed by atoms with Crippen molar-refractivity contribution in [2.75, 3.05) is 6.61 Å². The molecule has 0 saturated heterocycles. The third-order valence-corrected chi connectivity index (χ3v) is 1.46. The number of nitrogens with zero attached hydrogens (tertiary/aromatic N) is 1. The van der Waals surface area contributed by atoms with Crippen molar-refractivity contribution in [1.82, 2.24) is 4.98 Å². The zero-order chi connectivity index (χ0) is 9.52. The Balaban J connectivity index is 2.30. The van der Waals surface area contributed by atoms with Gasteiger partial charge in [-0.1, -0.05) is 6.58 Å². The van der Waals surface area contributed by atoms with Gasteiger partial charge in [0, 0.05) is 12.4 Å². The summed E-state index contributed by atoms with van der Waals surface area (Å²) in [6.45, 7) is 5.90. The summed E-state index contributed by atoms with van der Waals surface area (Å²) in [6, 6.07) is 3.61. The average Bonchev–Trinajstić information content (AvgIpc) is 2.17. The van der Waals surface area contributed by atoms with Crippen molar-refractivity contribution in [3.63, 3.8) is 0 Å². The minimum atomic E-state index is 0.0191. The number of hydrogen-bond acceptors (Lipinski definition) is 3. The molecule has 0 radical (unpaired) electrons. The summed E-state index contributed by atoms with van der Waals surface area (Å²) in [5.74, 6) is 0.800. The van der Waals surface area contributed by atoms with Gasteiger partial charge in [-0.3, -0.25) is 4.98 Å². The summed E-state index contributed by atoms with van der Waals surface area (Å²) in [5, 5.41) is 0. The molecule has 1 aromatic heterocycles. The van der Waals surface area contributed by atoms with E-state index < -0.39 is 0 Å². The van der Waals surface area contributed by atoms with E-state index in [1.165, 1.54) is 6.26 Å². The second-order valence-electron chi connectivity index (χ2n) is 2.61. The van der Waals surface area contributed by atoms with Crippen LogP contribution >= 0.6 is 0 Å². The van der Waals surface area contributed by atoms with Gasteiger partial charge in [-0.2, -0.15) is 0 Å². The Morgan fingerprint density at radius 1 is 1.54 bits per heavy atom. The van der Waals surface area contributed by atoms with E-state index in [2.05, 4.69) is 11.6 Å². The largest absolute Gasteiger partial charge is 0.495 e. The van der Waals surface area contributed by atoms with Crippen LogP contribution in [0.15, 0.2) is 37.4 Å². The van der Waals surface area contributed by atoms with Crippen molar-refractivity contribution in [3.05, 3.63) is 37.4 Å². The molecular weight excluding hydrogens is 166 g/mol. The fourth-order valence-corrected chi connectivity index (χ4v) is 0.852. The fourth-order valence-electron chi connectivity index (χ4n) is 0.852. The van der Waals surface area contributed by atoms with Gasteiger partial charge in [0.05, 0.1) is 6.26 Å². The molecule has 0 spiro atoms. The lowest BCUT2D eigenvalue weighted by Gasteiger charge is -2.11. The standard InChI is InChI=1S/C10H13NO2/c1-3-12-9(2)8-13-10-4-6-11-7-5-10/h3-7,9H,1,8H2,2H3. The molecule has 0 aliphatic heterocycles. The van der Waals surface area contributed by atoms with Gasteiger partial charge in [0.25, 0.3) is 0 Å². The van der Waals surface area contributed by atoms with Crippen LogP contribution < -0.4 is 4.74 Å². The number of ether oxygens (including phenoxy) is 2. The molecule has 0 aliphatic carbocycles. The van der Waals surface area contributed by atoms with E-state index in [1.807, 2.05) is 6.92 Å². The van der Waals surface area contributed by atoms with E-state index in [9.17, 15) is 0 Å². The van der Waals surface area contributed by atoms with Gasteiger partial charge in [-0.15, -0.1) is 0 Å². The van der Waals surface area contributed by atoms with Crippen LogP contribution in [0.3, 0.4) is 0 Å². The molecule has 1 rings (SSSR count). The molecule has 3 heteroatoms. The molecule has 0 amide bonds. The smallest absolute Gasteiger partial charge is 0.129 e. The molecule has 1 aromatic rings. The fraction of sp³-hybridized carbons (Fsp3) is 0.300. The zero-order valence-corrected chi connectivity index (χ0v) is 7.64. The molecule has 0 aliphatic rings. The average molecular weight is 179 g/mol. The van der Waals surface area contributed by atoms with Gasteiger partial charge in [0.2, 0.25) is 0 Å². The highest BCUT2D eigenvalue weighted by atomic mass is 16.5. The van der Waals surface area contributed by atoms with Crippen LogP contribution in [0, 0.1) is 0 Å². The van der Waals surface area contributed by atoms with Gasteiger partial charge in [-0.25, -0.2) is 0 Å². The molecule has 0 aromatic carbocycles. The quantitative estimate of drug-likeness (QED) is 0.648. The Bertz CT molecular complexity index is 248. The Kier molecular flexibility index (Phi) is 3.82. The van der Waals surface area contributed by atoms with E-state index in [0.29, 0.717) is 6.61 Å². The normalized spacial score (nSPS) is 11.8. The maximum Gasteiger partial charge on any atom is 0.129 e. The summed E-state index contributed by atoms with van der Waals surface area (Å²) in [5.41, 5.74) is 0. The summed E-state index contributed by atoms with van der Waals surface area (Å²) in [6.07, 6.45) is 4.81. The first-order valence-corrected chi connectivity index (χ1v) is 4.12. The van der Waals surface area contributed by atoms with Crippen LogP contribution in [-0.4, -0.2) is 17.7 Å². The van der Waals surface area contributed by atoms with Crippen molar-refractivity contribution in [1.29, 1.82) is 0 Å². The first-order chi connectivity index (χ1) is 6.33. The first-order valence-electron chi connectivity index (χ1n) is 4.12. The number of hydrogen-bond donors (Lipinski definition) is 0. The Hall–Kier alpha value is -1.51. The maximum atomic E-state index is 5.41. The second-order valence-corrected chi connectivity index (χ2v) is 2.61. The molecule has 0 saturated carbocycles. The van der Waals surface area contributed by atoms with Crippen molar-refractivity contribution in [2.45, 2.75) is 13.0 Å². The highest BCUT2D eigenvalue weighted by molar-refractivity contribution is 5.16.